The maximum absolute atomic E-state index is 15.6. The maximum Gasteiger partial charge on any atom is 0.418 e. The number of nitrogen functional groups attached to an aromatic ring is 1. The number of benzene rings is 1. The maximum atomic E-state index is 15.6. The summed E-state index contributed by atoms with van der Waals surface area (Å²) < 4.78 is 73.3. The van der Waals surface area contributed by atoms with Gasteiger partial charge in [0.15, 0.2) is 12.1 Å². The van der Waals surface area contributed by atoms with Crippen LogP contribution in [0.1, 0.15) is 82.8 Å². The Hall–Kier alpha value is -4.48. The van der Waals surface area contributed by atoms with Crippen molar-refractivity contribution in [3.63, 3.8) is 0 Å². The second-order valence-electron chi connectivity index (χ2n) is 12.9. The zero-order valence-corrected chi connectivity index (χ0v) is 26.5. The Morgan fingerprint density at radius 2 is 2.04 bits per heavy atom. The minimum absolute atomic E-state index is 0.0797. The molecule has 7 rings (SSSR count). The molecule has 6 heterocycles. The summed E-state index contributed by atoms with van der Waals surface area (Å²) in [5, 5.41) is 4.36. The van der Waals surface area contributed by atoms with Crippen LogP contribution < -0.4 is 15.4 Å². The highest BCUT2D eigenvalue weighted by atomic mass is 19.4. The summed E-state index contributed by atoms with van der Waals surface area (Å²) in [7, 11) is 0. The summed E-state index contributed by atoms with van der Waals surface area (Å²) in [6, 6.07) is 2.71. The van der Waals surface area contributed by atoms with Crippen LogP contribution in [0.25, 0.3) is 0 Å². The van der Waals surface area contributed by atoms with Gasteiger partial charge in [0.05, 0.1) is 47.4 Å². The topological polar surface area (TPSA) is 112 Å². The van der Waals surface area contributed by atoms with E-state index >= 15 is 4.39 Å². The molecule has 252 valence electrons. The van der Waals surface area contributed by atoms with Gasteiger partial charge in [-0.1, -0.05) is 18.1 Å². The third kappa shape index (κ3) is 5.68. The van der Waals surface area contributed by atoms with Crippen LogP contribution >= 0.6 is 0 Å². The lowest BCUT2D eigenvalue weighted by Gasteiger charge is -2.33. The number of ether oxygens (including phenoxy) is 2. The number of nitrogens with two attached hydrogens (primary N) is 1. The van der Waals surface area contributed by atoms with Crippen molar-refractivity contribution >= 4 is 17.8 Å². The lowest BCUT2D eigenvalue weighted by atomic mass is 9.91. The molecule has 0 spiro atoms. The molecule has 1 aromatic carbocycles. The third-order valence-electron chi connectivity index (χ3n) is 9.71. The molecule has 0 saturated carbocycles. The number of rotatable bonds is 6. The van der Waals surface area contributed by atoms with Gasteiger partial charge in [-0.2, -0.15) is 28.2 Å². The number of hydrogen-bond acceptors (Lipinski definition) is 9. The van der Waals surface area contributed by atoms with Gasteiger partial charge in [0, 0.05) is 42.7 Å². The van der Waals surface area contributed by atoms with Gasteiger partial charge in [-0.15, -0.1) is 5.92 Å². The van der Waals surface area contributed by atoms with Gasteiger partial charge in [0.25, 0.3) is 0 Å². The number of halogens is 4. The molecule has 3 aromatic rings. The number of hydrogen-bond donors (Lipinski definition) is 1. The molecule has 14 heteroatoms. The van der Waals surface area contributed by atoms with Crippen molar-refractivity contribution in [2.24, 2.45) is 0 Å². The van der Waals surface area contributed by atoms with Gasteiger partial charge < -0.3 is 20.1 Å². The first-order valence-corrected chi connectivity index (χ1v) is 15.9. The molecule has 4 aliphatic heterocycles. The van der Waals surface area contributed by atoms with E-state index in [-0.39, 0.29) is 24.6 Å². The van der Waals surface area contributed by atoms with Gasteiger partial charge in [0.2, 0.25) is 0 Å². The molecule has 0 bridgehead atoms. The highest BCUT2D eigenvalue weighted by Gasteiger charge is 2.47. The Bertz CT molecular complexity index is 1860. The van der Waals surface area contributed by atoms with Crippen LogP contribution in [-0.4, -0.2) is 62.7 Å². The van der Waals surface area contributed by atoms with Crippen molar-refractivity contribution in [1.82, 2.24) is 24.6 Å². The number of aromatic nitrogens is 4. The molecule has 10 nitrogen and oxygen atoms in total. The van der Waals surface area contributed by atoms with Crippen molar-refractivity contribution in [3.05, 3.63) is 69.4 Å². The monoisotopic (exact) mass is 665 g/mol. The number of carbonyl (C=O) groups is 1. The van der Waals surface area contributed by atoms with E-state index in [0.29, 0.717) is 61.7 Å². The number of fused-ring (bicyclic) bond motifs is 3. The summed E-state index contributed by atoms with van der Waals surface area (Å²) in [6.45, 7) is 9.01. The number of alkyl halides is 3. The van der Waals surface area contributed by atoms with Crippen LogP contribution in [0, 0.1) is 17.7 Å². The molecule has 2 N–H and O–H groups in total. The molecular formula is C34H35F4N7O3. The minimum Gasteiger partial charge on any atom is -0.461 e. The van der Waals surface area contributed by atoms with Crippen LogP contribution in [0.4, 0.5) is 29.1 Å². The number of nitrogens with zero attached hydrogens (tertiary/aromatic N) is 6. The summed E-state index contributed by atoms with van der Waals surface area (Å²) >= 11 is 0. The van der Waals surface area contributed by atoms with Crippen LogP contribution in [-0.2, 0) is 37.0 Å². The first-order valence-electron chi connectivity index (χ1n) is 15.9. The Kier molecular flexibility index (Phi) is 8.15. The van der Waals surface area contributed by atoms with Crippen LogP contribution in [0.5, 0.6) is 6.01 Å². The SMILES string of the molecule is C=C1CN2CCCC2(COc2nc3c(c(N4CCCn5nc(C=O)cc5C4)n2)COC(c2c(F)c(N)cc(C#CC)c2C(F)(F)F)C3)C1. The van der Waals surface area contributed by atoms with Gasteiger partial charge in [-0.3, -0.25) is 14.4 Å². The first kappa shape index (κ1) is 32.1. The fourth-order valence-corrected chi connectivity index (χ4v) is 7.65. The predicted molar refractivity (Wildman–Crippen MR) is 168 cm³/mol. The van der Waals surface area contributed by atoms with E-state index < -0.39 is 40.5 Å². The number of carbonyl (C=O) groups excluding carboxylic acids is 1. The molecule has 4 aliphatic rings. The molecule has 0 amide bonds. The molecule has 0 radical (unpaired) electrons. The van der Waals surface area contributed by atoms with E-state index in [1.54, 1.807) is 10.7 Å². The van der Waals surface area contributed by atoms with Crippen molar-refractivity contribution in [2.45, 2.75) is 76.5 Å². The largest absolute Gasteiger partial charge is 0.461 e. The lowest BCUT2D eigenvalue weighted by Crippen LogP contribution is -2.43. The predicted octanol–water partition coefficient (Wildman–Crippen LogP) is 4.99. The van der Waals surface area contributed by atoms with Crippen LogP contribution in [0.3, 0.4) is 0 Å². The zero-order valence-electron chi connectivity index (χ0n) is 26.5. The summed E-state index contributed by atoms with van der Waals surface area (Å²) in [5.41, 5.74) is 6.11. The van der Waals surface area contributed by atoms with Crippen LogP contribution in [0.2, 0.25) is 0 Å². The van der Waals surface area contributed by atoms with Crippen molar-refractivity contribution in [3.8, 4) is 17.9 Å². The van der Waals surface area contributed by atoms with Gasteiger partial charge in [-0.25, -0.2) is 4.39 Å². The summed E-state index contributed by atoms with van der Waals surface area (Å²) in [5.74, 6) is 4.21. The van der Waals surface area contributed by atoms with Crippen molar-refractivity contribution in [2.75, 3.05) is 36.9 Å². The van der Waals surface area contributed by atoms with Crippen molar-refractivity contribution < 1.29 is 31.8 Å². The minimum atomic E-state index is -4.93. The second-order valence-corrected chi connectivity index (χ2v) is 12.9. The summed E-state index contributed by atoms with van der Waals surface area (Å²) in [6.07, 6.45) is -2.30. The number of aryl methyl sites for hydroxylation is 1. The van der Waals surface area contributed by atoms with Crippen LogP contribution in [0.15, 0.2) is 24.3 Å². The standard InChI is InChI=1S/C34H35F4N7O3/c1-3-6-21-11-25(39)30(35)28(29(21)34(36,37)38)27-13-26-24(18-47-27)31(43-8-5-10-45-23(16-43)12-22(17-46)42-45)41-32(40-26)48-19-33-7-4-9-44(33)15-20(2)14-33/h11-12,17,27H,2,4-5,7-10,13-16,18-19,39H2,1H3. The average Bonchev–Trinajstić information content (AvgIpc) is 3.67. The normalized spacial score (nSPS) is 22.4. The van der Waals surface area contributed by atoms with E-state index in [1.807, 2.05) is 4.90 Å². The van der Waals surface area contributed by atoms with E-state index in [4.69, 9.17) is 25.2 Å². The van der Waals surface area contributed by atoms with E-state index in [1.165, 1.54) is 6.92 Å². The van der Waals surface area contributed by atoms with E-state index in [2.05, 4.69) is 28.4 Å². The fourth-order valence-electron chi connectivity index (χ4n) is 7.65. The quantitative estimate of drug-likeness (QED) is 0.128. The Morgan fingerprint density at radius 1 is 1.21 bits per heavy atom. The highest BCUT2D eigenvalue weighted by Crippen LogP contribution is 2.45. The molecule has 2 unspecified atom stereocenters. The Labute approximate surface area is 274 Å². The second kappa shape index (κ2) is 12.2. The summed E-state index contributed by atoms with van der Waals surface area (Å²) in [4.78, 5) is 25.4. The van der Waals surface area contributed by atoms with Gasteiger partial charge >= 0.3 is 12.2 Å². The molecule has 2 aromatic heterocycles. The van der Waals surface area contributed by atoms with Crippen molar-refractivity contribution in [1.29, 1.82) is 0 Å². The Morgan fingerprint density at radius 3 is 2.81 bits per heavy atom. The molecular weight excluding hydrogens is 630 g/mol. The van der Waals surface area contributed by atoms with E-state index in [0.717, 1.165) is 49.7 Å². The molecule has 2 atom stereocenters. The average molecular weight is 666 g/mol. The van der Waals surface area contributed by atoms with Gasteiger partial charge in [-0.05, 0) is 51.3 Å². The fraction of sp³-hybridized carbons (Fsp3) is 0.471. The highest BCUT2D eigenvalue weighted by molar-refractivity contribution is 5.71. The Balaban J connectivity index is 1.29. The molecule has 2 saturated heterocycles. The number of aldehydes is 1. The number of anilines is 2. The first-order chi connectivity index (χ1) is 23.0. The molecule has 2 fully saturated rings. The lowest BCUT2D eigenvalue weighted by molar-refractivity contribution is -0.140. The van der Waals surface area contributed by atoms with E-state index in [9.17, 15) is 18.0 Å². The third-order valence-corrected chi connectivity index (χ3v) is 9.71. The molecule has 48 heavy (non-hydrogen) atoms. The van der Waals surface area contributed by atoms with Gasteiger partial charge in [0.1, 0.15) is 18.1 Å². The molecule has 0 aliphatic carbocycles. The smallest absolute Gasteiger partial charge is 0.418 e. The zero-order chi connectivity index (χ0) is 33.8.